The molecule has 4 heterocycles. The summed E-state index contributed by atoms with van der Waals surface area (Å²) in [5, 5.41) is 0. The van der Waals surface area contributed by atoms with Crippen LogP contribution in [0.2, 0.25) is 0 Å². The highest BCUT2D eigenvalue weighted by molar-refractivity contribution is 5.81. The van der Waals surface area contributed by atoms with Gasteiger partial charge in [0.15, 0.2) is 5.76 Å². The van der Waals surface area contributed by atoms with E-state index in [4.69, 9.17) is 14.9 Å². The van der Waals surface area contributed by atoms with Gasteiger partial charge in [-0.1, -0.05) is 0 Å². The van der Waals surface area contributed by atoms with E-state index in [2.05, 4.69) is 9.97 Å². The first kappa shape index (κ1) is 15.2. The van der Waals surface area contributed by atoms with Crippen LogP contribution in [0.4, 0.5) is 5.95 Å². The SMILES string of the molecule is Cn1cc(-c2c(-c3ccco3)nc(N)nc2C2CC=CO2)ccc1=O. The zero-order valence-corrected chi connectivity index (χ0v) is 13.5. The van der Waals surface area contributed by atoms with Gasteiger partial charge in [-0.25, -0.2) is 9.97 Å². The van der Waals surface area contributed by atoms with Crippen LogP contribution in [0, 0.1) is 0 Å². The Hall–Kier alpha value is -3.35. The predicted octanol–water partition coefficient (Wildman–Crippen LogP) is 2.66. The summed E-state index contributed by atoms with van der Waals surface area (Å²) in [5.41, 5.74) is 8.62. The van der Waals surface area contributed by atoms with Crippen LogP contribution in [0.15, 0.2) is 58.3 Å². The topological polar surface area (TPSA) is 96.2 Å². The van der Waals surface area contributed by atoms with Crippen molar-refractivity contribution in [2.75, 3.05) is 5.73 Å². The molecule has 0 fully saturated rings. The fourth-order valence-electron chi connectivity index (χ4n) is 2.91. The van der Waals surface area contributed by atoms with E-state index in [1.165, 1.54) is 10.6 Å². The molecule has 0 aliphatic carbocycles. The molecule has 0 saturated carbocycles. The Balaban J connectivity index is 2.01. The molecule has 3 aromatic heterocycles. The van der Waals surface area contributed by atoms with Crippen molar-refractivity contribution in [3.8, 4) is 22.6 Å². The average Bonchev–Trinajstić information content (AvgIpc) is 3.30. The fraction of sp³-hybridized carbons (Fsp3) is 0.167. The molecule has 0 aromatic carbocycles. The Bertz CT molecular complexity index is 998. The maximum absolute atomic E-state index is 11.8. The van der Waals surface area contributed by atoms with Crippen LogP contribution in [0.3, 0.4) is 0 Å². The number of pyridine rings is 1. The Kier molecular flexibility index (Phi) is 3.61. The molecule has 7 heteroatoms. The minimum Gasteiger partial charge on any atom is -0.492 e. The van der Waals surface area contributed by atoms with Crippen LogP contribution in [0.1, 0.15) is 18.2 Å². The van der Waals surface area contributed by atoms with Crippen LogP contribution in [-0.4, -0.2) is 14.5 Å². The smallest absolute Gasteiger partial charge is 0.250 e. The number of aromatic nitrogens is 3. The van der Waals surface area contributed by atoms with Crippen LogP contribution in [-0.2, 0) is 11.8 Å². The van der Waals surface area contributed by atoms with Crippen LogP contribution in [0.25, 0.3) is 22.6 Å². The first-order valence-corrected chi connectivity index (χ1v) is 7.82. The Labute approximate surface area is 143 Å². The number of hydrogen-bond donors (Lipinski definition) is 1. The molecule has 4 rings (SSSR count). The zero-order chi connectivity index (χ0) is 17.4. The van der Waals surface area contributed by atoms with Gasteiger partial charge < -0.3 is 19.5 Å². The number of rotatable bonds is 3. The third-order valence-electron chi connectivity index (χ3n) is 4.08. The molecular weight excluding hydrogens is 320 g/mol. The number of hydrogen-bond acceptors (Lipinski definition) is 6. The molecule has 7 nitrogen and oxygen atoms in total. The first-order valence-electron chi connectivity index (χ1n) is 7.82. The molecule has 0 radical (unpaired) electrons. The van der Waals surface area contributed by atoms with Gasteiger partial charge >= 0.3 is 0 Å². The van der Waals surface area contributed by atoms with E-state index < -0.39 is 0 Å². The molecule has 1 atom stereocenters. The summed E-state index contributed by atoms with van der Waals surface area (Å²) in [5.74, 6) is 0.718. The van der Waals surface area contributed by atoms with Crippen molar-refractivity contribution in [2.24, 2.45) is 7.05 Å². The van der Waals surface area contributed by atoms with E-state index in [1.807, 2.05) is 12.1 Å². The molecule has 1 unspecified atom stereocenters. The molecular formula is C18H16N4O3. The van der Waals surface area contributed by atoms with Crippen LogP contribution < -0.4 is 11.3 Å². The van der Waals surface area contributed by atoms with Gasteiger partial charge in [0, 0.05) is 36.9 Å². The van der Waals surface area contributed by atoms with E-state index in [-0.39, 0.29) is 17.6 Å². The molecule has 25 heavy (non-hydrogen) atoms. The predicted molar refractivity (Wildman–Crippen MR) is 92.4 cm³/mol. The van der Waals surface area contributed by atoms with Gasteiger partial charge in [-0.2, -0.15) is 0 Å². The standard InChI is InChI=1S/C18H16N4O3/c1-22-10-11(6-7-14(22)23)15-16(12-4-2-8-24-12)20-18(19)21-17(15)13-5-3-9-25-13/h2-4,6-10,13H,5H2,1H3,(H2,19,20,21). The largest absolute Gasteiger partial charge is 0.492 e. The first-order chi connectivity index (χ1) is 12.1. The monoisotopic (exact) mass is 336 g/mol. The van der Waals surface area contributed by atoms with Gasteiger partial charge in [-0.15, -0.1) is 0 Å². The van der Waals surface area contributed by atoms with Crippen molar-refractivity contribution in [2.45, 2.75) is 12.5 Å². The summed E-state index contributed by atoms with van der Waals surface area (Å²) in [7, 11) is 1.70. The zero-order valence-electron chi connectivity index (χ0n) is 13.5. The molecule has 1 aliphatic heterocycles. The molecule has 0 amide bonds. The van der Waals surface area contributed by atoms with Gasteiger partial charge in [0.25, 0.3) is 0 Å². The maximum Gasteiger partial charge on any atom is 0.250 e. The summed E-state index contributed by atoms with van der Waals surface area (Å²) >= 11 is 0. The lowest BCUT2D eigenvalue weighted by Crippen LogP contribution is -2.15. The number of anilines is 1. The van der Waals surface area contributed by atoms with Crippen molar-refractivity contribution in [1.29, 1.82) is 0 Å². The minimum atomic E-state index is -0.258. The van der Waals surface area contributed by atoms with Crippen LogP contribution in [0.5, 0.6) is 0 Å². The summed E-state index contributed by atoms with van der Waals surface area (Å²) < 4.78 is 12.7. The van der Waals surface area contributed by atoms with E-state index in [0.717, 1.165) is 11.1 Å². The fourth-order valence-corrected chi connectivity index (χ4v) is 2.91. The van der Waals surface area contributed by atoms with Gasteiger partial charge in [0.2, 0.25) is 11.5 Å². The number of furan rings is 1. The summed E-state index contributed by atoms with van der Waals surface area (Å²) in [4.78, 5) is 20.6. The second kappa shape index (κ2) is 5.94. The van der Waals surface area contributed by atoms with Crippen molar-refractivity contribution in [1.82, 2.24) is 14.5 Å². The summed E-state index contributed by atoms with van der Waals surface area (Å²) in [6, 6.07) is 6.85. The Morgan fingerprint density at radius 3 is 2.84 bits per heavy atom. The van der Waals surface area contributed by atoms with Crippen molar-refractivity contribution < 1.29 is 9.15 Å². The quantitative estimate of drug-likeness (QED) is 0.790. The molecule has 1 aliphatic rings. The van der Waals surface area contributed by atoms with Crippen molar-refractivity contribution in [3.05, 3.63) is 65.1 Å². The van der Waals surface area contributed by atoms with Crippen molar-refractivity contribution >= 4 is 5.95 Å². The molecule has 0 spiro atoms. The summed E-state index contributed by atoms with van der Waals surface area (Å²) in [6.45, 7) is 0. The highest BCUT2D eigenvalue weighted by Crippen LogP contribution is 2.39. The lowest BCUT2D eigenvalue weighted by Gasteiger charge is -2.18. The maximum atomic E-state index is 11.8. The second-order valence-corrected chi connectivity index (χ2v) is 5.77. The number of nitrogens with two attached hydrogens (primary N) is 1. The molecule has 3 aromatic rings. The highest BCUT2D eigenvalue weighted by atomic mass is 16.5. The van der Waals surface area contributed by atoms with Gasteiger partial charge in [-0.05, 0) is 24.3 Å². The second-order valence-electron chi connectivity index (χ2n) is 5.77. The molecule has 0 saturated heterocycles. The van der Waals surface area contributed by atoms with Crippen LogP contribution >= 0.6 is 0 Å². The van der Waals surface area contributed by atoms with E-state index >= 15 is 0 Å². The lowest BCUT2D eigenvalue weighted by atomic mass is 9.98. The number of nitrogen functional groups attached to an aromatic ring is 1. The molecule has 0 bridgehead atoms. The Morgan fingerprint density at radius 2 is 2.16 bits per heavy atom. The minimum absolute atomic E-state index is 0.0972. The van der Waals surface area contributed by atoms with Gasteiger partial charge in [-0.3, -0.25) is 4.79 Å². The van der Waals surface area contributed by atoms with Gasteiger partial charge in [0.05, 0.1) is 18.2 Å². The van der Waals surface area contributed by atoms with Gasteiger partial charge in [0.1, 0.15) is 11.8 Å². The lowest BCUT2D eigenvalue weighted by molar-refractivity contribution is 0.169. The Morgan fingerprint density at radius 1 is 1.28 bits per heavy atom. The number of aryl methyl sites for hydroxylation is 1. The van der Waals surface area contributed by atoms with E-state index in [9.17, 15) is 4.79 Å². The highest BCUT2D eigenvalue weighted by Gasteiger charge is 2.26. The summed E-state index contributed by atoms with van der Waals surface area (Å²) in [6.07, 6.45) is 7.33. The normalized spacial score (nSPS) is 16.1. The third kappa shape index (κ3) is 2.69. The third-order valence-corrected chi connectivity index (χ3v) is 4.08. The number of nitrogens with zero attached hydrogens (tertiary/aromatic N) is 3. The van der Waals surface area contributed by atoms with E-state index in [1.54, 1.807) is 37.9 Å². The van der Waals surface area contributed by atoms with E-state index in [0.29, 0.717) is 23.6 Å². The van der Waals surface area contributed by atoms with Crippen molar-refractivity contribution in [3.63, 3.8) is 0 Å². The molecule has 126 valence electrons. The molecule has 2 N–H and O–H groups in total. The number of ether oxygens (including phenoxy) is 1. The average molecular weight is 336 g/mol.